The summed E-state index contributed by atoms with van der Waals surface area (Å²) >= 11 is 0. The van der Waals surface area contributed by atoms with Crippen molar-refractivity contribution in [2.75, 3.05) is 6.61 Å². The normalized spacial score (nSPS) is 26.1. The van der Waals surface area contributed by atoms with Crippen LogP contribution in [0, 0.1) is 0 Å². The summed E-state index contributed by atoms with van der Waals surface area (Å²) in [6.07, 6.45) is 8.69. The van der Waals surface area contributed by atoms with Gasteiger partial charge in [-0.2, -0.15) is 4.98 Å². The summed E-state index contributed by atoms with van der Waals surface area (Å²) in [5.74, 6) is 1.36. The second-order valence-corrected chi connectivity index (χ2v) is 5.57. The summed E-state index contributed by atoms with van der Waals surface area (Å²) in [7, 11) is 0. The van der Waals surface area contributed by atoms with Gasteiger partial charge in [0.05, 0.1) is 18.1 Å². The van der Waals surface area contributed by atoms with Crippen LogP contribution in [0.2, 0.25) is 0 Å². The van der Waals surface area contributed by atoms with Crippen molar-refractivity contribution in [1.82, 2.24) is 10.1 Å². The molecule has 3 rings (SSSR count). The highest BCUT2D eigenvalue weighted by Gasteiger charge is 2.36. The van der Waals surface area contributed by atoms with E-state index in [4.69, 9.17) is 15.0 Å². The van der Waals surface area contributed by atoms with E-state index in [-0.39, 0.29) is 24.0 Å². The molecule has 0 radical (unpaired) electrons. The Morgan fingerprint density at radius 1 is 1.21 bits per heavy atom. The van der Waals surface area contributed by atoms with Gasteiger partial charge >= 0.3 is 0 Å². The molecule has 1 aromatic heterocycles. The number of halogens is 1. The summed E-state index contributed by atoms with van der Waals surface area (Å²) in [4.78, 5) is 4.48. The molecule has 1 aliphatic carbocycles. The Kier molecular flexibility index (Phi) is 4.81. The summed E-state index contributed by atoms with van der Waals surface area (Å²) in [6, 6.07) is 0. The number of aromatic nitrogens is 2. The van der Waals surface area contributed by atoms with Gasteiger partial charge < -0.3 is 15.0 Å². The first-order valence-electron chi connectivity index (χ1n) is 7.00. The molecule has 2 N–H and O–H groups in total. The lowest BCUT2D eigenvalue weighted by molar-refractivity contribution is 0.0124. The minimum atomic E-state index is -0.352. The molecule has 0 bridgehead atoms. The third-order valence-electron chi connectivity index (χ3n) is 4.09. The predicted molar refractivity (Wildman–Crippen MR) is 73.2 cm³/mol. The summed E-state index contributed by atoms with van der Waals surface area (Å²) < 4.78 is 11.0. The fourth-order valence-electron chi connectivity index (χ4n) is 2.93. The Morgan fingerprint density at radius 3 is 2.68 bits per heavy atom. The van der Waals surface area contributed by atoms with Crippen LogP contribution in [0.5, 0.6) is 0 Å². The zero-order valence-electron chi connectivity index (χ0n) is 11.1. The number of nitrogens with zero attached hydrogens (tertiary/aromatic N) is 2. The van der Waals surface area contributed by atoms with Crippen molar-refractivity contribution in [2.45, 2.75) is 63.0 Å². The van der Waals surface area contributed by atoms with E-state index < -0.39 is 0 Å². The molecular formula is C13H22ClN3O2. The maximum atomic E-state index is 6.31. The van der Waals surface area contributed by atoms with Crippen molar-refractivity contribution >= 4 is 12.4 Å². The average molecular weight is 288 g/mol. The summed E-state index contributed by atoms with van der Waals surface area (Å²) in [5, 5.41) is 4.07. The van der Waals surface area contributed by atoms with Gasteiger partial charge in [0.2, 0.25) is 5.89 Å². The van der Waals surface area contributed by atoms with E-state index in [1.807, 2.05) is 0 Å². The lowest BCUT2D eigenvalue weighted by Crippen LogP contribution is -2.34. The predicted octanol–water partition coefficient (Wildman–Crippen LogP) is 2.33. The highest BCUT2D eigenvalue weighted by molar-refractivity contribution is 5.85. The molecule has 1 unspecified atom stereocenters. The van der Waals surface area contributed by atoms with E-state index in [1.54, 1.807) is 0 Å². The summed E-state index contributed by atoms with van der Waals surface area (Å²) in [5.41, 5.74) is 5.96. The third-order valence-corrected chi connectivity index (χ3v) is 4.09. The van der Waals surface area contributed by atoms with Gasteiger partial charge in [-0.1, -0.05) is 18.0 Å². The van der Waals surface area contributed by atoms with Crippen molar-refractivity contribution < 1.29 is 9.26 Å². The number of hydrogen-bond donors (Lipinski definition) is 1. The molecule has 1 aliphatic heterocycles. The van der Waals surface area contributed by atoms with Crippen molar-refractivity contribution in [1.29, 1.82) is 0 Å². The van der Waals surface area contributed by atoms with Gasteiger partial charge in [-0.15, -0.1) is 12.4 Å². The van der Waals surface area contributed by atoms with Crippen molar-refractivity contribution in [3.05, 3.63) is 11.7 Å². The minimum absolute atomic E-state index is 0. The Labute approximate surface area is 119 Å². The van der Waals surface area contributed by atoms with E-state index in [2.05, 4.69) is 10.1 Å². The molecule has 0 aromatic carbocycles. The Morgan fingerprint density at radius 2 is 2.00 bits per heavy atom. The smallest absolute Gasteiger partial charge is 0.229 e. The van der Waals surface area contributed by atoms with E-state index >= 15 is 0 Å². The molecule has 1 aromatic rings. The molecule has 2 aliphatic rings. The van der Waals surface area contributed by atoms with Crippen LogP contribution in [-0.4, -0.2) is 22.9 Å². The molecule has 0 spiro atoms. The monoisotopic (exact) mass is 287 g/mol. The molecule has 108 valence electrons. The van der Waals surface area contributed by atoms with E-state index in [0.717, 1.165) is 51.6 Å². The number of ether oxygens (including phenoxy) is 1. The second kappa shape index (κ2) is 6.20. The fourth-order valence-corrected chi connectivity index (χ4v) is 2.93. The number of rotatable bonds is 3. The van der Waals surface area contributed by atoms with Crippen LogP contribution in [0.25, 0.3) is 0 Å². The summed E-state index contributed by atoms with van der Waals surface area (Å²) in [6.45, 7) is 0.854. The molecule has 2 fully saturated rings. The van der Waals surface area contributed by atoms with Gasteiger partial charge in [0, 0.05) is 6.61 Å². The lowest BCUT2D eigenvalue weighted by Gasteiger charge is -2.20. The van der Waals surface area contributed by atoms with Crippen molar-refractivity contribution in [3.63, 3.8) is 0 Å². The highest BCUT2D eigenvalue weighted by atomic mass is 35.5. The quantitative estimate of drug-likeness (QED) is 0.923. The highest BCUT2D eigenvalue weighted by Crippen LogP contribution is 2.34. The Bertz CT molecular complexity index is 398. The van der Waals surface area contributed by atoms with Crippen LogP contribution in [0.15, 0.2) is 4.52 Å². The first kappa shape index (κ1) is 14.8. The van der Waals surface area contributed by atoms with Gasteiger partial charge in [-0.3, -0.25) is 0 Å². The molecule has 5 nitrogen and oxygen atoms in total. The Balaban J connectivity index is 0.00000133. The maximum Gasteiger partial charge on any atom is 0.229 e. The van der Waals surface area contributed by atoms with Crippen LogP contribution >= 0.6 is 12.4 Å². The SMILES string of the molecule is Cl.NC1(c2noc(CC3CCCCO3)n2)CCCC1. The molecule has 0 amide bonds. The first-order valence-corrected chi connectivity index (χ1v) is 7.00. The number of nitrogens with two attached hydrogens (primary N) is 1. The van der Waals surface area contributed by atoms with Gasteiger partial charge in [-0.05, 0) is 32.1 Å². The van der Waals surface area contributed by atoms with Crippen molar-refractivity contribution in [3.8, 4) is 0 Å². The van der Waals surface area contributed by atoms with Crippen LogP contribution in [0.4, 0.5) is 0 Å². The molecule has 6 heteroatoms. The zero-order chi connectivity index (χ0) is 12.4. The maximum absolute atomic E-state index is 6.31. The van der Waals surface area contributed by atoms with Crippen molar-refractivity contribution in [2.24, 2.45) is 5.73 Å². The second-order valence-electron chi connectivity index (χ2n) is 5.57. The molecule has 1 saturated heterocycles. The van der Waals surface area contributed by atoms with Crippen LogP contribution < -0.4 is 5.73 Å². The number of hydrogen-bond acceptors (Lipinski definition) is 5. The van der Waals surface area contributed by atoms with Gasteiger partial charge in [0.25, 0.3) is 0 Å². The zero-order valence-corrected chi connectivity index (χ0v) is 12.0. The largest absolute Gasteiger partial charge is 0.378 e. The average Bonchev–Trinajstić information content (AvgIpc) is 3.01. The van der Waals surface area contributed by atoms with E-state index in [9.17, 15) is 0 Å². The van der Waals surface area contributed by atoms with Crippen LogP contribution in [0.3, 0.4) is 0 Å². The molecule has 19 heavy (non-hydrogen) atoms. The minimum Gasteiger partial charge on any atom is -0.378 e. The topological polar surface area (TPSA) is 74.2 Å². The lowest BCUT2D eigenvalue weighted by atomic mass is 9.98. The van der Waals surface area contributed by atoms with Crippen LogP contribution in [-0.2, 0) is 16.7 Å². The first-order chi connectivity index (χ1) is 8.76. The standard InChI is InChI=1S/C13H21N3O2.ClH/c14-13(6-2-3-7-13)12-15-11(18-16-12)9-10-5-1-4-8-17-10;/h10H,1-9,14H2;1H. The molecule has 1 atom stereocenters. The van der Waals surface area contributed by atoms with Gasteiger partial charge in [0.15, 0.2) is 5.82 Å². The van der Waals surface area contributed by atoms with Crippen LogP contribution in [0.1, 0.15) is 56.7 Å². The third kappa shape index (κ3) is 3.27. The van der Waals surface area contributed by atoms with Gasteiger partial charge in [0.1, 0.15) is 0 Å². The molecule has 1 saturated carbocycles. The molecule has 2 heterocycles. The molecular weight excluding hydrogens is 266 g/mol. The fraction of sp³-hybridized carbons (Fsp3) is 0.846. The van der Waals surface area contributed by atoms with Gasteiger partial charge in [-0.25, -0.2) is 0 Å². The van der Waals surface area contributed by atoms with E-state index in [1.165, 1.54) is 6.42 Å². The van der Waals surface area contributed by atoms with E-state index in [0.29, 0.717) is 11.7 Å². The Hall–Kier alpha value is -0.650.